The number of rotatable bonds is 4. The van der Waals surface area contributed by atoms with Crippen molar-refractivity contribution in [3.63, 3.8) is 0 Å². The van der Waals surface area contributed by atoms with Gasteiger partial charge in [-0.15, -0.1) is 0 Å². The summed E-state index contributed by atoms with van der Waals surface area (Å²) in [5, 5.41) is 21.1. The Morgan fingerprint density at radius 2 is 2.00 bits per heavy atom. The monoisotopic (exact) mass is 279 g/mol. The Balaban J connectivity index is 2.64. The van der Waals surface area contributed by atoms with Crippen molar-refractivity contribution in [1.29, 1.82) is 5.26 Å². The molecule has 0 radical (unpaired) electrons. The summed E-state index contributed by atoms with van der Waals surface area (Å²) in [6, 6.07) is 4.25. The van der Waals surface area contributed by atoms with Crippen LogP contribution in [0, 0.1) is 17.1 Å². The zero-order chi connectivity index (χ0) is 15.1. The quantitative estimate of drug-likeness (QED) is 0.765. The number of aliphatic carboxylic acids is 1. The summed E-state index contributed by atoms with van der Waals surface area (Å²) >= 11 is 0. The van der Waals surface area contributed by atoms with Crippen molar-refractivity contribution < 1.29 is 23.9 Å². The maximum Gasteiger partial charge on any atom is 0.325 e. The second-order valence-corrected chi connectivity index (χ2v) is 3.67. The van der Waals surface area contributed by atoms with Gasteiger partial charge >= 0.3 is 12.0 Å². The first-order valence-corrected chi connectivity index (χ1v) is 5.45. The number of benzene rings is 1. The molecule has 0 heterocycles. The maximum absolute atomic E-state index is 13.2. The van der Waals surface area contributed by atoms with E-state index >= 15 is 0 Å². The van der Waals surface area contributed by atoms with E-state index in [1.54, 1.807) is 6.07 Å². The van der Waals surface area contributed by atoms with Crippen molar-refractivity contribution in [3.8, 4) is 6.07 Å². The van der Waals surface area contributed by atoms with Gasteiger partial charge in [0.2, 0.25) is 5.91 Å². The molecule has 1 rings (SSSR count). The summed E-state index contributed by atoms with van der Waals surface area (Å²) in [7, 11) is 0. The molecule has 20 heavy (non-hydrogen) atoms. The zero-order valence-corrected chi connectivity index (χ0v) is 10.1. The lowest BCUT2D eigenvalue weighted by Crippen LogP contribution is -2.34. The molecule has 0 bridgehead atoms. The largest absolute Gasteiger partial charge is 0.481 e. The molecule has 8 heteroatoms. The van der Waals surface area contributed by atoms with Gasteiger partial charge in [0, 0.05) is 6.42 Å². The van der Waals surface area contributed by atoms with Crippen LogP contribution in [0.4, 0.5) is 14.9 Å². The molecule has 1 aromatic rings. The summed E-state index contributed by atoms with van der Waals surface area (Å²) in [6.45, 7) is 0. The molecular weight excluding hydrogens is 269 g/mol. The van der Waals surface area contributed by atoms with Gasteiger partial charge in [-0.25, -0.2) is 9.18 Å². The Bertz CT molecular complexity index is 595. The second kappa shape index (κ2) is 6.84. The molecule has 0 fully saturated rings. The Hall–Kier alpha value is -2.95. The highest BCUT2D eigenvalue weighted by Gasteiger charge is 2.13. The number of urea groups is 1. The first-order chi connectivity index (χ1) is 9.43. The highest BCUT2D eigenvalue weighted by Crippen LogP contribution is 2.17. The first kappa shape index (κ1) is 15.1. The molecule has 0 aliphatic rings. The van der Waals surface area contributed by atoms with E-state index in [-0.39, 0.29) is 17.7 Å². The van der Waals surface area contributed by atoms with Crippen LogP contribution < -0.4 is 10.6 Å². The number of nitrogens with zero attached hydrogens (tertiary/aromatic N) is 1. The number of carbonyl (C=O) groups is 3. The van der Waals surface area contributed by atoms with Crippen LogP contribution in [-0.4, -0.2) is 23.0 Å². The van der Waals surface area contributed by atoms with Gasteiger partial charge in [-0.05, 0) is 12.1 Å². The number of nitrogens with one attached hydrogen (secondary N) is 2. The molecule has 7 nitrogen and oxygen atoms in total. The van der Waals surface area contributed by atoms with E-state index in [9.17, 15) is 18.8 Å². The van der Waals surface area contributed by atoms with Gasteiger partial charge in [-0.2, -0.15) is 5.26 Å². The number of carboxylic acid groups (broad SMARTS) is 1. The molecule has 0 saturated carbocycles. The summed E-state index contributed by atoms with van der Waals surface area (Å²) in [5.41, 5.74) is -0.448. The summed E-state index contributed by atoms with van der Waals surface area (Å²) < 4.78 is 13.2. The molecule has 3 amide bonds. The third-order valence-corrected chi connectivity index (χ3v) is 2.19. The predicted molar refractivity (Wildman–Crippen MR) is 65.1 cm³/mol. The average Bonchev–Trinajstić information content (AvgIpc) is 2.36. The van der Waals surface area contributed by atoms with Gasteiger partial charge in [0.1, 0.15) is 17.4 Å². The lowest BCUT2D eigenvalue weighted by Gasteiger charge is -2.08. The van der Waals surface area contributed by atoms with Crippen LogP contribution in [0.3, 0.4) is 0 Å². The molecule has 1 aromatic carbocycles. The van der Waals surface area contributed by atoms with E-state index < -0.39 is 30.1 Å². The molecule has 104 valence electrons. The van der Waals surface area contributed by atoms with Gasteiger partial charge in [0.15, 0.2) is 0 Å². The Morgan fingerprint density at radius 3 is 2.60 bits per heavy atom. The van der Waals surface area contributed by atoms with E-state index in [4.69, 9.17) is 10.4 Å². The number of hydrogen-bond acceptors (Lipinski definition) is 4. The van der Waals surface area contributed by atoms with E-state index in [0.717, 1.165) is 6.07 Å². The minimum absolute atomic E-state index is 0.0870. The molecule has 0 atom stereocenters. The van der Waals surface area contributed by atoms with Crippen LogP contribution >= 0.6 is 0 Å². The van der Waals surface area contributed by atoms with Crippen molar-refractivity contribution in [1.82, 2.24) is 5.32 Å². The maximum atomic E-state index is 13.2. The summed E-state index contributed by atoms with van der Waals surface area (Å²) in [5.74, 6) is -2.76. The highest BCUT2D eigenvalue weighted by molar-refractivity contribution is 6.02. The fraction of sp³-hybridized carbons (Fsp3) is 0.167. The van der Waals surface area contributed by atoms with E-state index in [0.29, 0.717) is 0 Å². The van der Waals surface area contributed by atoms with Crippen molar-refractivity contribution in [2.45, 2.75) is 12.8 Å². The smallest absolute Gasteiger partial charge is 0.325 e. The van der Waals surface area contributed by atoms with Crippen LogP contribution in [0.2, 0.25) is 0 Å². The van der Waals surface area contributed by atoms with Gasteiger partial charge in [0.25, 0.3) is 0 Å². The normalized spacial score (nSPS) is 9.40. The lowest BCUT2D eigenvalue weighted by atomic mass is 10.2. The number of amides is 3. The Labute approximate surface area is 113 Å². The first-order valence-electron chi connectivity index (χ1n) is 5.45. The molecule has 0 unspecified atom stereocenters. The van der Waals surface area contributed by atoms with Crippen LogP contribution in [0.25, 0.3) is 0 Å². The molecule has 0 aliphatic heterocycles. The van der Waals surface area contributed by atoms with Gasteiger partial charge in [-0.1, -0.05) is 6.07 Å². The summed E-state index contributed by atoms with van der Waals surface area (Å²) in [6.07, 6.45) is -0.778. The van der Waals surface area contributed by atoms with Gasteiger partial charge in [-0.3, -0.25) is 14.9 Å². The van der Waals surface area contributed by atoms with Crippen molar-refractivity contribution >= 4 is 23.6 Å². The van der Waals surface area contributed by atoms with Crippen LogP contribution in [0.1, 0.15) is 18.4 Å². The minimum Gasteiger partial charge on any atom is -0.481 e. The molecule has 0 spiro atoms. The van der Waals surface area contributed by atoms with Crippen LogP contribution in [-0.2, 0) is 9.59 Å². The summed E-state index contributed by atoms with van der Waals surface area (Å²) in [4.78, 5) is 32.9. The fourth-order valence-corrected chi connectivity index (χ4v) is 1.31. The van der Waals surface area contributed by atoms with Crippen molar-refractivity contribution in [2.75, 3.05) is 5.32 Å². The SMILES string of the molecule is N#Cc1c(F)cccc1NC(=O)NC(=O)CCC(=O)O. The number of nitriles is 1. The lowest BCUT2D eigenvalue weighted by molar-refractivity contribution is -0.138. The number of hydrogen-bond donors (Lipinski definition) is 3. The third-order valence-electron chi connectivity index (χ3n) is 2.19. The molecule has 0 saturated heterocycles. The van der Waals surface area contributed by atoms with E-state index in [1.807, 2.05) is 5.32 Å². The topological polar surface area (TPSA) is 119 Å². The van der Waals surface area contributed by atoms with Gasteiger partial charge < -0.3 is 10.4 Å². The molecular formula is C12H10FN3O4. The Kier molecular flexibility index (Phi) is 5.17. The van der Waals surface area contributed by atoms with Gasteiger partial charge in [0.05, 0.1) is 12.1 Å². The zero-order valence-electron chi connectivity index (χ0n) is 10.1. The van der Waals surface area contributed by atoms with Crippen molar-refractivity contribution in [2.24, 2.45) is 0 Å². The van der Waals surface area contributed by atoms with E-state index in [1.165, 1.54) is 12.1 Å². The predicted octanol–water partition coefficient (Wildman–Crippen LogP) is 1.21. The standard InChI is InChI=1S/C12H10FN3O4/c13-8-2-1-3-9(7(8)6-14)15-12(20)16-10(17)4-5-11(18)19/h1-3H,4-5H2,(H,18,19)(H2,15,16,17,20). The average molecular weight is 279 g/mol. The van der Waals surface area contributed by atoms with Crippen molar-refractivity contribution in [3.05, 3.63) is 29.6 Å². The number of carbonyl (C=O) groups excluding carboxylic acids is 2. The molecule has 0 aliphatic carbocycles. The molecule has 3 N–H and O–H groups in total. The highest BCUT2D eigenvalue weighted by atomic mass is 19.1. The second-order valence-electron chi connectivity index (χ2n) is 3.67. The minimum atomic E-state index is -1.17. The third kappa shape index (κ3) is 4.38. The Morgan fingerprint density at radius 1 is 1.30 bits per heavy atom. The van der Waals surface area contributed by atoms with Crippen LogP contribution in [0.5, 0.6) is 0 Å². The molecule has 0 aromatic heterocycles. The fourth-order valence-electron chi connectivity index (χ4n) is 1.31. The number of imide groups is 1. The number of halogens is 1. The number of anilines is 1. The van der Waals surface area contributed by atoms with Crippen LogP contribution in [0.15, 0.2) is 18.2 Å². The van der Waals surface area contributed by atoms with E-state index in [2.05, 4.69) is 5.32 Å². The number of carboxylic acids is 1.